The lowest BCUT2D eigenvalue weighted by Crippen LogP contribution is -3.03. The van der Waals surface area contributed by atoms with Crippen molar-refractivity contribution in [2.75, 3.05) is 0 Å². The molecule has 0 amide bonds. The van der Waals surface area contributed by atoms with Gasteiger partial charge in [-0.05, 0) is 0 Å². The molecule has 1 aliphatic rings. The summed E-state index contributed by atoms with van der Waals surface area (Å²) >= 11 is 0. The zero-order valence-electron chi connectivity index (χ0n) is 6.51. The van der Waals surface area contributed by atoms with Gasteiger partial charge in [0.25, 0.3) is 0 Å². The molecule has 0 fully saturated rings. The lowest BCUT2D eigenvalue weighted by molar-refractivity contribution is -0.822. The van der Waals surface area contributed by atoms with Crippen LogP contribution in [0.15, 0.2) is 45.9 Å². The molecule has 60 valence electrons. The molecule has 0 aromatic heterocycles. The molecule has 2 rings (SSSR count). The molecule has 1 aromatic rings. The molecule has 1 N–H and O–H groups in total. The lowest BCUT2D eigenvalue weighted by Gasteiger charge is -2.00. The third-order valence-electron chi connectivity index (χ3n) is 1.66. The molecular weight excluding hydrogens is 152 g/mol. The zero-order valence-corrected chi connectivity index (χ0v) is 6.51. The van der Waals surface area contributed by atoms with Crippen LogP contribution < -0.4 is 5.01 Å². The van der Waals surface area contributed by atoms with Crippen LogP contribution in [-0.2, 0) is 6.54 Å². The Morgan fingerprint density at radius 2 is 2.00 bits per heavy atom. The second-order valence-corrected chi connectivity index (χ2v) is 2.59. The fourth-order valence-corrected chi connectivity index (χ4v) is 1.09. The van der Waals surface area contributed by atoms with Crippen LogP contribution in [-0.4, -0.2) is 6.34 Å². The van der Waals surface area contributed by atoms with Gasteiger partial charge in [0.1, 0.15) is 6.54 Å². The normalized spacial score (nSPS) is 20.2. The summed E-state index contributed by atoms with van der Waals surface area (Å²) in [6.07, 6.45) is 1.69. The molecule has 0 aliphatic carbocycles. The molecule has 0 bridgehead atoms. The van der Waals surface area contributed by atoms with E-state index in [1.54, 1.807) is 6.34 Å². The van der Waals surface area contributed by atoms with Gasteiger partial charge in [-0.25, -0.2) is 0 Å². The van der Waals surface area contributed by atoms with Crippen molar-refractivity contribution >= 4 is 6.34 Å². The Morgan fingerprint density at radius 3 is 2.67 bits per heavy atom. The third kappa shape index (κ3) is 1.54. The molecule has 1 unspecified atom stereocenters. The Bertz CT molecular complexity index is 292. The first-order chi connectivity index (χ1) is 5.95. The number of nitrogens with one attached hydrogen (secondary N) is 1. The summed E-state index contributed by atoms with van der Waals surface area (Å²) in [5.74, 6) is 0. The van der Waals surface area contributed by atoms with Crippen LogP contribution >= 0.6 is 0 Å². The fraction of sp³-hybridized carbons (Fsp3) is 0.125. The Kier molecular flexibility index (Phi) is 1.92. The molecule has 0 saturated heterocycles. The highest BCUT2D eigenvalue weighted by molar-refractivity contribution is 5.43. The number of hydrogen-bond acceptors (Lipinski definition) is 3. The van der Waals surface area contributed by atoms with Crippen molar-refractivity contribution in [1.82, 2.24) is 0 Å². The maximum atomic E-state index is 3.85. The van der Waals surface area contributed by atoms with E-state index in [1.165, 1.54) is 5.56 Å². The van der Waals surface area contributed by atoms with Crippen molar-refractivity contribution in [1.29, 1.82) is 0 Å². The predicted molar refractivity (Wildman–Crippen MR) is 44.5 cm³/mol. The van der Waals surface area contributed by atoms with Gasteiger partial charge in [0.05, 0.1) is 5.22 Å². The van der Waals surface area contributed by atoms with E-state index in [0.717, 1.165) is 11.6 Å². The quantitative estimate of drug-likeness (QED) is 0.652. The minimum absolute atomic E-state index is 0.813. The fourth-order valence-electron chi connectivity index (χ4n) is 1.09. The van der Waals surface area contributed by atoms with Crippen molar-refractivity contribution in [2.24, 2.45) is 15.5 Å². The van der Waals surface area contributed by atoms with Gasteiger partial charge in [-0.15, -0.1) is 5.01 Å². The number of quaternary nitrogens is 1. The van der Waals surface area contributed by atoms with Crippen LogP contribution in [0.1, 0.15) is 5.56 Å². The summed E-state index contributed by atoms with van der Waals surface area (Å²) < 4.78 is 0. The molecule has 1 aliphatic heterocycles. The number of rotatable bonds is 2. The minimum atomic E-state index is 0.813. The average Bonchev–Trinajstić information content (AvgIpc) is 2.59. The molecule has 12 heavy (non-hydrogen) atoms. The highest BCUT2D eigenvalue weighted by Gasteiger charge is 2.08. The van der Waals surface area contributed by atoms with E-state index in [9.17, 15) is 0 Å². The van der Waals surface area contributed by atoms with Gasteiger partial charge in [0, 0.05) is 10.8 Å². The largest absolute Gasteiger partial charge is 0.238 e. The third-order valence-corrected chi connectivity index (χ3v) is 1.66. The van der Waals surface area contributed by atoms with E-state index < -0.39 is 0 Å². The maximum absolute atomic E-state index is 3.85. The van der Waals surface area contributed by atoms with Crippen molar-refractivity contribution in [3.8, 4) is 0 Å². The van der Waals surface area contributed by atoms with Gasteiger partial charge >= 0.3 is 0 Å². The van der Waals surface area contributed by atoms with E-state index in [-0.39, 0.29) is 0 Å². The second kappa shape index (κ2) is 3.23. The predicted octanol–water partition coefficient (Wildman–Crippen LogP) is 0.396. The molecular formula is C8H9N4+. The zero-order chi connectivity index (χ0) is 8.23. The van der Waals surface area contributed by atoms with Gasteiger partial charge in [0.2, 0.25) is 6.34 Å². The van der Waals surface area contributed by atoms with E-state index in [1.807, 2.05) is 18.2 Å². The van der Waals surface area contributed by atoms with Crippen molar-refractivity contribution < 1.29 is 5.01 Å². The number of hydrogen-bond donors (Lipinski definition) is 1. The van der Waals surface area contributed by atoms with Crippen LogP contribution in [0.3, 0.4) is 0 Å². The summed E-state index contributed by atoms with van der Waals surface area (Å²) in [5.41, 5.74) is 1.24. The summed E-state index contributed by atoms with van der Waals surface area (Å²) in [4.78, 5) is 0. The van der Waals surface area contributed by atoms with E-state index >= 15 is 0 Å². The molecule has 4 heteroatoms. The monoisotopic (exact) mass is 161 g/mol. The van der Waals surface area contributed by atoms with Crippen LogP contribution in [0.25, 0.3) is 0 Å². The maximum Gasteiger partial charge on any atom is 0.238 e. The molecule has 1 atom stereocenters. The SMILES string of the molecule is C1=NN=N[NH+]1Cc1ccccc1. The number of nitrogens with zero attached hydrogens (tertiary/aromatic N) is 3. The first-order valence-corrected chi connectivity index (χ1v) is 3.79. The van der Waals surface area contributed by atoms with Crippen molar-refractivity contribution in [2.45, 2.75) is 6.54 Å². The van der Waals surface area contributed by atoms with Crippen LogP contribution in [0.2, 0.25) is 0 Å². The Labute approximate surface area is 70.2 Å². The highest BCUT2D eigenvalue weighted by atomic mass is 15.7. The number of benzene rings is 1. The van der Waals surface area contributed by atoms with E-state index in [2.05, 4.69) is 27.7 Å². The second-order valence-electron chi connectivity index (χ2n) is 2.59. The molecule has 1 aromatic carbocycles. The first kappa shape index (κ1) is 7.12. The molecule has 0 spiro atoms. The highest BCUT2D eigenvalue weighted by Crippen LogP contribution is 1.95. The van der Waals surface area contributed by atoms with Crippen LogP contribution in [0.4, 0.5) is 0 Å². The van der Waals surface area contributed by atoms with Gasteiger partial charge in [-0.2, -0.15) is 0 Å². The van der Waals surface area contributed by atoms with Gasteiger partial charge in [0.15, 0.2) is 0 Å². The van der Waals surface area contributed by atoms with E-state index in [4.69, 9.17) is 0 Å². The lowest BCUT2D eigenvalue weighted by atomic mass is 10.2. The molecule has 0 radical (unpaired) electrons. The Morgan fingerprint density at radius 1 is 1.17 bits per heavy atom. The van der Waals surface area contributed by atoms with Gasteiger partial charge in [-0.1, -0.05) is 35.4 Å². The topological polar surface area (TPSA) is 41.5 Å². The van der Waals surface area contributed by atoms with Crippen LogP contribution in [0.5, 0.6) is 0 Å². The Balaban J connectivity index is 2.04. The summed E-state index contributed by atoms with van der Waals surface area (Å²) in [6.45, 7) is 0.813. The van der Waals surface area contributed by atoms with Crippen molar-refractivity contribution in [3.05, 3.63) is 35.9 Å². The van der Waals surface area contributed by atoms with E-state index in [0.29, 0.717) is 0 Å². The van der Waals surface area contributed by atoms with Gasteiger partial charge in [-0.3, -0.25) is 0 Å². The van der Waals surface area contributed by atoms with Crippen LogP contribution in [0, 0.1) is 0 Å². The first-order valence-electron chi connectivity index (χ1n) is 3.79. The molecule has 1 heterocycles. The molecule has 4 nitrogen and oxygen atoms in total. The standard InChI is InChI=1S/C8H8N4/c1-2-4-8(5-3-1)6-12-7-9-10-11-12/h1-5,7H,6H2/p+1. The average molecular weight is 161 g/mol. The minimum Gasteiger partial charge on any atom is -0.141 e. The summed E-state index contributed by atoms with van der Waals surface area (Å²) in [6, 6.07) is 10.2. The van der Waals surface area contributed by atoms with Crippen molar-refractivity contribution in [3.63, 3.8) is 0 Å². The summed E-state index contributed by atoms with van der Waals surface area (Å²) in [5, 5.41) is 11.9. The Hall–Kier alpha value is -1.55. The molecule has 0 saturated carbocycles. The summed E-state index contributed by atoms with van der Waals surface area (Å²) in [7, 11) is 0. The van der Waals surface area contributed by atoms with Gasteiger partial charge < -0.3 is 0 Å². The smallest absolute Gasteiger partial charge is 0.141 e.